The van der Waals surface area contributed by atoms with Crippen LogP contribution in [0.3, 0.4) is 0 Å². The third kappa shape index (κ3) is 3.08. The molecular weight excluding hydrogens is 346 g/mol. The van der Waals surface area contributed by atoms with Crippen LogP contribution in [0.5, 0.6) is 0 Å². The lowest BCUT2D eigenvalue weighted by atomic mass is 10.0. The summed E-state index contributed by atoms with van der Waals surface area (Å²) in [5.41, 5.74) is 3.73. The fraction of sp³-hybridized carbons (Fsp3) is 0.200. The topological polar surface area (TPSA) is 101 Å². The minimum Gasteiger partial charge on any atom is -0.449 e. The number of amides is 1. The van der Waals surface area contributed by atoms with Crippen LogP contribution in [0.2, 0.25) is 0 Å². The Hall–Kier alpha value is -3.48. The molecule has 0 bridgehead atoms. The molecule has 1 aliphatic rings. The molecule has 7 heteroatoms. The number of hydrogen-bond acceptors (Lipinski definition) is 5. The van der Waals surface area contributed by atoms with Crippen molar-refractivity contribution in [1.29, 1.82) is 0 Å². The number of aromatic nitrogens is 2. The molecule has 136 valence electrons. The summed E-state index contributed by atoms with van der Waals surface area (Å²) in [5.74, 6) is -1.10. The Labute approximate surface area is 154 Å². The first-order valence-corrected chi connectivity index (χ1v) is 8.55. The van der Waals surface area contributed by atoms with Crippen LogP contribution in [0.25, 0.3) is 10.9 Å². The van der Waals surface area contributed by atoms with E-state index in [1.165, 1.54) is 6.92 Å². The van der Waals surface area contributed by atoms with Gasteiger partial charge in [0.1, 0.15) is 0 Å². The zero-order chi connectivity index (χ0) is 19.1. The molecule has 0 saturated heterocycles. The van der Waals surface area contributed by atoms with Crippen molar-refractivity contribution in [3.8, 4) is 0 Å². The summed E-state index contributed by atoms with van der Waals surface area (Å²) in [6.45, 7) is 3.44. The Balaban J connectivity index is 1.53. The van der Waals surface area contributed by atoms with Crippen LogP contribution >= 0.6 is 0 Å². The number of ether oxygens (including phenoxy) is 1. The van der Waals surface area contributed by atoms with E-state index in [1.54, 1.807) is 18.2 Å². The van der Waals surface area contributed by atoms with Crippen molar-refractivity contribution in [3.05, 3.63) is 58.8 Å². The number of nitrogens with zero attached hydrogens (tertiary/aromatic N) is 1. The zero-order valence-corrected chi connectivity index (χ0v) is 14.8. The first-order chi connectivity index (χ1) is 12.9. The van der Waals surface area contributed by atoms with Gasteiger partial charge in [-0.05, 0) is 49.7 Å². The number of aryl methyl sites for hydroxylation is 1. The Morgan fingerprint density at radius 2 is 2.00 bits per heavy atom. The van der Waals surface area contributed by atoms with E-state index in [0.29, 0.717) is 16.6 Å². The van der Waals surface area contributed by atoms with Gasteiger partial charge in [-0.15, -0.1) is 0 Å². The lowest BCUT2D eigenvalue weighted by Crippen LogP contribution is -2.24. The van der Waals surface area contributed by atoms with Crippen LogP contribution in [0.4, 0.5) is 5.69 Å². The number of Topliss-reactive ketones (excluding diaryl/α,β-unsaturated/α-hetero) is 1. The van der Waals surface area contributed by atoms with Crippen molar-refractivity contribution < 1.29 is 19.1 Å². The van der Waals surface area contributed by atoms with Gasteiger partial charge in [-0.3, -0.25) is 14.7 Å². The van der Waals surface area contributed by atoms with Crippen molar-refractivity contribution >= 4 is 34.3 Å². The lowest BCUT2D eigenvalue weighted by Gasteiger charge is -2.12. The summed E-state index contributed by atoms with van der Waals surface area (Å²) in [7, 11) is 0. The molecule has 3 aromatic rings. The van der Waals surface area contributed by atoms with Crippen LogP contribution in [-0.4, -0.2) is 34.0 Å². The number of aromatic amines is 1. The summed E-state index contributed by atoms with van der Waals surface area (Å²) in [6, 6.07) is 10.5. The van der Waals surface area contributed by atoms with Crippen LogP contribution in [0, 0.1) is 6.92 Å². The highest BCUT2D eigenvalue weighted by molar-refractivity contribution is 6.06. The van der Waals surface area contributed by atoms with Crippen LogP contribution < -0.4 is 5.32 Å². The number of hydrogen-bond donors (Lipinski definition) is 2. The SMILES string of the molecule is Cc1ccc2[nH]nc(C(=O)OC(C)C(=O)c3ccc4c(c3)CC(=O)N4)c2c1. The van der Waals surface area contributed by atoms with Gasteiger partial charge in [0.25, 0.3) is 0 Å². The first-order valence-electron chi connectivity index (χ1n) is 8.55. The molecule has 0 fully saturated rings. The maximum absolute atomic E-state index is 12.6. The average Bonchev–Trinajstić information content (AvgIpc) is 3.22. The number of fused-ring (bicyclic) bond motifs is 2. The van der Waals surface area contributed by atoms with Crippen LogP contribution in [0.15, 0.2) is 36.4 Å². The molecule has 1 aromatic heterocycles. The fourth-order valence-corrected chi connectivity index (χ4v) is 3.17. The number of esters is 1. The highest BCUT2D eigenvalue weighted by Gasteiger charge is 2.25. The quantitative estimate of drug-likeness (QED) is 0.548. The van der Waals surface area contributed by atoms with Crippen molar-refractivity contribution in [3.63, 3.8) is 0 Å². The third-order valence-corrected chi connectivity index (χ3v) is 4.58. The van der Waals surface area contributed by atoms with Gasteiger partial charge in [0.15, 0.2) is 11.8 Å². The van der Waals surface area contributed by atoms with Crippen LogP contribution in [-0.2, 0) is 16.0 Å². The monoisotopic (exact) mass is 363 g/mol. The largest absolute Gasteiger partial charge is 0.449 e. The zero-order valence-electron chi connectivity index (χ0n) is 14.8. The predicted molar refractivity (Wildman–Crippen MR) is 98.8 cm³/mol. The minimum absolute atomic E-state index is 0.102. The number of nitrogens with one attached hydrogen (secondary N) is 2. The van der Waals surface area contributed by atoms with Gasteiger partial charge < -0.3 is 10.1 Å². The molecule has 0 spiro atoms. The Bertz CT molecular complexity index is 1100. The normalized spacial score (nSPS) is 13.9. The summed E-state index contributed by atoms with van der Waals surface area (Å²) < 4.78 is 5.35. The fourth-order valence-electron chi connectivity index (χ4n) is 3.17. The van der Waals surface area contributed by atoms with Gasteiger partial charge in [-0.1, -0.05) is 11.6 Å². The van der Waals surface area contributed by atoms with E-state index in [1.807, 2.05) is 25.1 Å². The highest BCUT2D eigenvalue weighted by Crippen LogP contribution is 2.25. The standard InChI is InChI=1S/C20H17N3O4/c1-10-3-5-16-14(7-10)18(23-22-16)20(26)27-11(2)19(25)12-4-6-15-13(8-12)9-17(24)21-15/h3-8,11H,9H2,1-2H3,(H,21,24)(H,22,23). The van der Waals surface area contributed by atoms with Gasteiger partial charge in [0.05, 0.1) is 11.9 Å². The summed E-state index contributed by atoms with van der Waals surface area (Å²) in [4.78, 5) is 36.6. The predicted octanol–water partition coefficient (Wildman–Crippen LogP) is 2.79. The Morgan fingerprint density at radius 1 is 1.19 bits per heavy atom. The maximum atomic E-state index is 12.6. The first kappa shape index (κ1) is 17.0. The van der Waals surface area contributed by atoms with Gasteiger partial charge in [-0.2, -0.15) is 5.10 Å². The van der Waals surface area contributed by atoms with Crippen molar-refractivity contribution in [2.75, 3.05) is 5.32 Å². The van der Waals surface area contributed by atoms with E-state index in [9.17, 15) is 14.4 Å². The maximum Gasteiger partial charge on any atom is 0.360 e. The number of rotatable bonds is 4. The van der Waals surface area contributed by atoms with E-state index >= 15 is 0 Å². The van der Waals surface area contributed by atoms with Gasteiger partial charge >= 0.3 is 5.97 Å². The smallest absolute Gasteiger partial charge is 0.360 e. The Kier molecular flexibility index (Phi) is 3.99. The second kappa shape index (κ2) is 6.35. The molecule has 1 amide bonds. The van der Waals surface area contributed by atoms with Gasteiger partial charge in [0, 0.05) is 16.6 Å². The Morgan fingerprint density at radius 3 is 2.81 bits per heavy atom. The molecule has 1 unspecified atom stereocenters. The van der Waals surface area contributed by atoms with E-state index in [2.05, 4.69) is 15.5 Å². The minimum atomic E-state index is -0.975. The molecule has 1 aliphatic heterocycles. The van der Waals surface area contributed by atoms with E-state index in [-0.39, 0.29) is 23.8 Å². The molecule has 2 aromatic carbocycles. The molecule has 0 saturated carbocycles. The molecule has 2 N–H and O–H groups in total. The third-order valence-electron chi connectivity index (χ3n) is 4.58. The molecule has 2 heterocycles. The lowest BCUT2D eigenvalue weighted by molar-refractivity contribution is -0.115. The molecular formula is C20H17N3O4. The van der Waals surface area contributed by atoms with Crippen molar-refractivity contribution in [2.24, 2.45) is 0 Å². The second-order valence-electron chi connectivity index (χ2n) is 6.63. The molecule has 27 heavy (non-hydrogen) atoms. The molecule has 0 aliphatic carbocycles. The summed E-state index contributed by atoms with van der Waals surface area (Å²) >= 11 is 0. The molecule has 1 atom stereocenters. The van der Waals surface area contributed by atoms with E-state index in [4.69, 9.17) is 4.74 Å². The number of anilines is 1. The highest BCUT2D eigenvalue weighted by atomic mass is 16.5. The number of H-pyrrole nitrogens is 1. The number of carbonyl (C=O) groups excluding carboxylic acids is 3. The molecule has 4 rings (SSSR count). The number of carbonyl (C=O) groups is 3. The average molecular weight is 363 g/mol. The summed E-state index contributed by atoms with van der Waals surface area (Å²) in [5, 5.41) is 10.2. The van der Waals surface area contributed by atoms with Gasteiger partial charge in [0.2, 0.25) is 11.7 Å². The summed E-state index contributed by atoms with van der Waals surface area (Å²) in [6.07, 6.45) is -0.736. The molecule has 7 nitrogen and oxygen atoms in total. The van der Waals surface area contributed by atoms with Crippen molar-refractivity contribution in [2.45, 2.75) is 26.4 Å². The van der Waals surface area contributed by atoms with Gasteiger partial charge in [-0.25, -0.2) is 4.79 Å². The van der Waals surface area contributed by atoms with Crippen LogP contribution in [0.1, 0.15) is 38.9 Å². The van der Waals surface area contributed by atoms with Crippen molar-refractivity contribution in [1.82, 2.24) is 10.2 Å². The second-order valence-corrected chi connectivity index (χ2v) is 6.63. The van der Waals surface area contributed by atoms with E-state index in [0.717, 1.165) is 16.6 Å². The number of benzene rings is 2. The van der Waals surface area contributed by atoms with E-state index < -0.39 is 12.1 Å². The molecule has 0 radical (unpaired) electrons. The number of ketones is 1.